The maximum Gasteiger partial charge on any atom is 0.573 e. The lowest BCUT2D eigenvalue weighted by molar-refractivity contribution is -0.274. The fraction of sp³-hybridized carbons (Fsp3) is 0.500. The summed E-state index contributed by atoms with van der Waals surface area (Å²) in [5, 5.41) is 2.95. The smallest absolute Gasteiger partial charge is 0.406 e. The Hall–Kier alpha value is -2.45. The molecule has 25 heavy (non-hydrogen) atoms. The van der Waals surface area contributed by atoms with Gasteiger partial charge in [0.15, 0.2) is 5.96 Å². The summed E-state index contributed by atoms with van der Waals surface area (Å²) < 4.78 is 40.0. The summed E-state index contributed by atoms with van der Waals surface area (Å²) in [6.07, 6.45) is -2.38. The van der Waals surface area contributed by atoms with Gasteiger partial charge in [0, 0.05) is 26.1 Å². The van der Waals surface area contributed by atoms with Gasteiger partial charge in [0.2, 0.25) is 5.91 Å². The number of carbonyl (C=O) groups excluding carboxylic acids is 1. The van der Waals surface area contributed by atoms with Gasteiger partial charge in [-0.25, -0.2) is 4.99 Å². The molecule has 138 valence electrons. The van der Waals surface area contributed by atoms with Gasteiger partial charge in [-0.2, -0.15) is 0 Å². The van der Waals surface area contributed by atoms with E-state index in [9.17, 15) is 18.0 Å². The van der Waals surface area contributed by atoms with E-state index < -0.39 is 6.36 Å². The standard InChI is InChI=1S/C16H21F3N4O2/c17-16(18,19)25-13-6-4-12(5-7-13)11-22-15(20)21-8-2-10-23-9-1-3-14(23)24/h4-7H,1-3,8-11H2,(H3,20,21,22). The molecule has 0 saturated carbocycles. The first-order valence-corrected chi connectivity index (χ1v) is 8.00. The Morgan fingerprint density at radius 1 is 1.32 bits per heavy atom. The first-order valence-electron chi connectivity index (χ1n) is 8.00. The van der Waals surface area contributed by atoms with Crippen LogP contribution < -0.4 is 15.8 Å². The molecule has 0 aliphatic carbocycles. The van der Waals surface area contributed by atoms with Gasteiger partial charge in [0.1, 0.15) is 5.75 Å². The number of likely N-dealkylation sites (tertiary alicyclic amines) is 1. The summed E-state index contributed by atoms with van der Waals surface area (Å²) in [7, 11) is 0. The molecule has 0 atom stereocenters. The fourth-order valence-electron chi connectivity index (χ4n) is 2.46. The summed E-state index contributed by atoms with van der Waals surface area (Å²) in [4.78, 5) is 17.4. The average molecular weight is 358 g/mol. The van der Waals surface area contributed by atoms with Crippen LogP contribution in [-0.2, 0) is 11.3 Å². The second kappa shape index (κ2) is 8.59. The number of hydrogen-bond acceptors (Lipinski definition) is 3. The number of hydrogen-bond donors (Lipinski definition) is 2. The number of nitrogens with one attached hydrogen (secondary N) is 1. The van der Waals surface area contributed by atoms with Crippen LogP contribution in [-0.4, -0.2) is 42.8 Å². The van der Waals surface area contributed by atoms with Crippen LogP contribution in [0.25, 0.3) is 0 Å². The lowest BCUT2D eigenvalue weighted by Gasteiger charge is -2.15. The molecule has 2 rings (SSSR count). The zero-order valence-corrected chi connectivity index (χ0v) is 13.7. The molecule has 0 spiro atoms. The SMILES string of the molecule is NC(=NCc1ccc(OC(F)(F)F)cc1)NCCCN1CCCC1=O. The zero-order valence-electron chi connectivity index (χ0n) is 13.7. The van der Waals surface area contributed by atoms with E-state index in [1.807, 2.05) is 4.90 Å². The van der Waals surface area contributed by atoms with Crippen molar-refractivity contribution in [2.45, 2.75) is 32.2 Å². The largest absolute Gasteiger partial charge is 0.573 e. The van der Waals surface area contributed by atoms with E-state index in [1.165, 1.54) is 24.3 Å². The van der Waals surface area contributed by atoms with Crippen molar-refractivity contribution < 1.29 is 22.7 Å². The number of nitrogens with two attached hydrogens (primary N) is 1. The van der Waals surface area contributed by atoms with Crippen molar-refractivity contribution in [2.24, 2.45) is 10.7 Å². The van der Waals surface area contributed by atoms with Crippen molar-refractivity contribution in [3.05, 3.63) is 29.8 Å². The normalized spacial score (nSPS) is 15.6. The minimum Gasteiger partial charge on any atom is -0.406 e. The van der Waals surface area contributed by atoms with Crippen LogP contribution >= 0.6 is 0 Å². The molecular weight excluding hydrogens is 337 g/mol. The third kappa shape index (κ3) is 6.90. The van der Waals surface area contributed by atoms with Gasteiger partial charge in [0.05, 0.1) is 6.54 Å². The number of halogens is 3. The van der Waals surface area contributed by atoms with E-state index >= 15 is 0 Å². The predicted molar refractivity (Wildman–Crippen MR) is 86.9 cm³/mol. The van der Waals surface area contributed by atoms with Crippen molar-refractivity contribution >= 4 is 11.9 Å². The Morgan fingerprint density at radius 3 is 2.64 bits per heavy atom. The average Bonchev–Trinajstić information content (AvgIpc) is 2.94. The number of amides is 1. The van der Waals surface area contributed by atoms with Crippen LogP contribution in [0.15, 0.2) is 29.3 Å². The van der Waals surface area contributed by atoms with Crippen LogP contribution in [0.2, 0.25) is 0 Å². The van der Waals surface area contributed by atoms with Gasteiger partial charge in [-0.15, -0.1) is 13.2 Å². The highest BCUT2D eigenvalue weighted by molar-refractivity contribution is 5.78. The number of nitrogens with zero attached hydrogens (tertiary/aromatic N) is 2. The second-order valence-electron chi connectivity index (χ2n) is 5.66. The minimum atomic E-state index is -4.70. The van der Waals surface area contributed by atoms with Gasteiger partial charge in [-0.1, -0.05) is 12.1 Å². The highest BCUT2D eigenvalue weighted by atomic mass is 19.4. The van der Waals surface area contributed by atoms with E-state index in [1.54, 1.807) is 0 Å². The Labute approximate surface area is 143 Å². The molecule has 0 radical (unpaired) electrons. The number of alkyl halides is 3. The van der Waals surface area contributed by atoms with E-state index in [4.69, 9.17) is 5.73 Å². The number of aliphatic imine (C=N–C) groups is 1. The Balaban J connectivity index is 1.68. The van der Waals surface area contributed by atoms with E-state index in [2.05, 4.69) is 15.0 Å². The van der Waals surface area contributed by atoms with Gasteiger partial charge < -0.3 is 20.7 Å². The summed E-state index contributed by atoms with van der Waals surface area (Å²) in [6, 6.07) is 5.46. The quantitative estimate of drug-likeness (QED) is 0.444. The molecule has 1 saturated heterocycles. The van der Waals surface area contributed by atoms with Crippen LogP contribution in [0, 0.1) is 0 Å². The lowest BCUT2D eigenvalue weighted by atomic mass is 10.2. The molecule has 1 aliphatic heterocycles. The van der Waals surface area contributed by atoms with E-state index in [-0.39, 0.29) is 24.2 Å². The lowest BCUT2D eigenvalue weighted by Crippen LogP contribution is -2.34. The van der Waals surface area contributed by atoms with Gasteiger partial charge in [-0.05, 0) is 30.5 Å². The second-order valence-corrected chi connectivity index (χ2v) is 5.66. The number of guanidine groups is 1. The van der Waals surface area contributed by atoms with Gasteiger partial charge >= 0.3 is 6.36 Å². The summed E-state index contributed by atoms with van der Waals surface area (Å²) in [5.41, 5.74) is 6.45. The Morgan fingerprint density at radius 2 is 2.04 bits per heavy atom. The topological polar surface area (TPSA) is 80.0 Å². The highest BCUT2D eigenvalue weighted by Crippen LogP contribution is 2.22. The molecule has 1 aromatic rings. The molecular formula is C16H21F3N4O2. The summed E-state index contributed by atoms with van der Waals surface area (Å²) in [6.45, 7) is 2.35. The third-order valence-corrected chi connectivity index (χ3v) is 3.67. The molecule has 1 aromatic carbocycles. The maximum absolute atomic E-state index is 12.1. The molecule has 9 heteroatoms. The summed E-state index contributed by atoms with van der Waals surface area (Å²) >= 11 is 0. The van der Waals surface area contributed by atoms with Crippen LogP contribution in [0.4, 0.5) is 13.2 Å². The fourth-order valence-corrected chi connectivity index (χ4v) is 2.46. The molecule has 1 heterocycles. The van der Waals surface area contributed by atoms with Crippen molar-refractivity contribution in [1.29, 1.82) is 0 Å². The molecule has 3 N–H and O–H groups in total. The highest BCUT2D eigenvalue weighted by Gasteiger charge is 2.30. The first kappa shape index (κ1) is 18.9. The minimum absolute atomic E-state index is 0.194. The van der Waals surface area contributed by atoms with Crippen molar-refractivity contribution in [3.8, 4) is 5.75 Å². The number of benzene rings is 1. The van der Waals surface area contributed by atoms with Crippen molar-refractivity contribution in [1.82, 2.24) is 10.2 Å². The monoisotopic (exact) mass is 358 g/mol. The molecule has 0 bridgehead atoms. The predicted octanol–water partition coefficient (Wildman–Crippen LogP) is 2.00. The van der Waals surface area contributed by atoms with Gasteiger partial charge in [0.25, 0.3) is 0 Å². The number of ether oxygens (including phenoxy) is 1. The van der Waals surface area contributed by atoms with Crippen molar-refractivity contribution in [3.63, 3.8) is 0 Å². The first-order chi connectivity index (χ1) is 11.8. The maximum atomic E-state index is 12.1. The molecule has 6 nitrogen and oxygen atoms in total. The number of carbonyl (C=O) groups is 1. The zero-order chi connectivity index (χ0) is 18.3. The molecule has 0 unspecified atom stereocenters. The molecule has 1 amide bonds. The van der Waals surface area contributed by atoms with Crippen LogP contribution in [0.3, 0.4) is 0 Å². The van der Waals surface area contributed by atoms with Crippen LogP contribution in [0.5, 0.6) is 5.75 Å². The van der Waals surface area contributed by atoms with Gasteiger partial charge in [-0.3, -0.25) is 4.79 Å². The Bertz CT molecular complexity index is 602. The molecule has 1 aliphatic rings. The molecule has 1 fully saturated rings. The molecule has 0 aromatic heterocycles. The Kier molecular flexibility index (Phi) is 6.49. The van der Waals surface area contributed by atoms with Crippen molar-refractivity contribution in [2.75, 3.05) is 19.6 Å². The summed E-state index contributed by atoms with van der Waals surface area (Å²) in [5.74, 6) is 0.172. The number of rotatable bonds is 7. The van der Waals surface area contributed by atoms with E-state index in [0.29, 0.717) is 25.1 Å². The van der Waals surface area contributed by atoms with E-state index in [0.717, 1.165) is 19.4 Å². The van der Waals surface area contributed by atoms with Crippen LogP contribution in [0.1, 0.15) is 24.8 Å². The third-order valence-electron chi connectivity index (χ3n) is 3.67.